The van der Waals surface area contributed by atoms with E-state index >= 15 is 0 Å². The van der Waals surface area contributed by atoms with Crippen molar-refractivity contribution in [1.82, 2.24) is 0 Å². The second kappa shape index (κ2) is 6.85. The van der Waals surface area contributed by atoms with Crippen molar-refractivity contribution in [3.8, 4) is 9.94 Å². The third-order valence-corrected chi connectivity index (χ3v) is 5.15. The summed E-state index contributed by atoms with van der Waals surface area (Å²) in [6, 6.07) is 7.80. The normalized spacial score (nSPS) is 10.5. The maximum absolute atomic E-state index is 8.70. The van der Waals surface area contributed by atoms with Gasteiger partial charge < -0.3 is 0 Å². The summed E-state index contributed by atoms with van der Waals surface area (Å²) in [4.78, 5) is 6.18. The van der Waals surface area contributed by atoms with Gasteiger partial charge in [-0.1, -0.05) is 0 Å². The Labute approximate surface area is 109 Å². The van der Waals surface area contributed by atoms with Crippen molar-refractivity contribution in [2.45, 2.75) is 0 Å². The number of hydrogen-bond donors (Lipinski definition) is 0. The molecule has 0 aliphatic rings. The Morgan fingerprint density at radius 1 is 1.20 bits per heavy atom. The first-order valence-corrected chi connectivity index (χ1v) is 8.20. The van der Waals surface area contributed by atoms with E-state index in [-0.39, 0.29) is 29.9 Å². The van der Waals surface area contributed by atoms with E-state index in [4.69, 9.17) is 10.5 Å². The maximum atomic E-state index is 8.70. The molecular formula is C10H5BrN2Se2. The molecule has 0 saturated heterocycles. The number of halogens is 1. The van der Waals surface area contributed by atoms with Crippen molar-refractivity contribution in [3.63, 3.8) is 0 Å². The predicted octanol–water partition coefficient (Wildman–Crippen LogP) is 2.12. The van der Waals surface area contributed by atoms with E-state index in [1.165, 1.54) is 0 Å². The molecule has 5 heteroatoms. The summed E-state index contributed by atoms with van der Waals surface area (Å²) in [5, 5.41) is 17.2. The topological polar surface area (TPSA) is 47.6 Å². The van der Waals surface area contributed by atoms with Crippen molar-refractivity contribution in [1.29, 1.82) is 10.5 Å². The molecule has 0 saturated carbocycles. The Balaban J connectivity index is 2.96. The van der Waals surface area contributed by atoms with Crippen LogP contribution in [0.5, 0.6) is 0 Å². The Morgan fingerprint density at radius 2 is 1.87 bits per heavy atom. The van der Waals surface area contributed by atoms with Crippen LogP contribution in [0.15, 0.2) is 33.7 Å². The molecule has 0 atom stereocenters. The number of nitrogens with zero attached hydrogens (tertiary/aromatic N) is 2. The van der Waals surface area contributed by atoms with Crippen LogP contribution in [0.25, 0.3) is 4.47 Å². The molecule has 0 bridgehead atoms. The fraction of sp³-hybridized carbons (Fsp3) is 0. The van der Waals surface area contributed by atoms with E-state index in [1.807, 2.05) is 29.2 Å². The summed E-state index contributed by atoms with van der Waals surface area (Å²) in [6.45, 7) is 0. The average molecular weight is 391 g/mol. The molecule has 74 valence electrons. The molecule has 0 spiro atoms. The van der Waals surface area contributed by atoms with E-state index in [9.17, 15) is 0 Å². The monoisotopic (exact) mass is 392 g/mol. The fourth-order valence-electron chi connectivity index (χ4n) is 0.894. The molecule has 1 rings (SSSR count). The fourth-order valence-corrected chi connectivity index (χ4v) is 3.67. The summed E-state index contributed by atoms with van der Waals surface area (Å²) in [5.74, 6) is 0. The van der Waals surface area contributed by atoms with Crippen LogP contribution >= 0.6 is 15.9 Å². The van der Waals surface area contributed by atoms with Crippen molar-refractivity contribution in [3.05, 3.63) is 39.3 Å². The van der Waals surface area contributed by atoms with Crippen molar-refractivity contribution >= 4 is 50.3 Å². The summed E-state index contributed by atoms with van der Waals surface area (Å²) in [6.07, 6.45) is 0. The van der Waals surface area contributed by atoms with Gasteiger partial charge in [-0.25, -0.2) is 0 Å². The standard InChI is InChI=1S/C10H5BrN2Se2/c11-9-3-1-8(2-4-9)10(15-7-13)5-14-6-12/h1-5H. The first-order chi connectivity index (χ1) is 7.27. The third-order valence-electron chi connectivity index (χ3n) is 1.50. The molecule has 0 aromatic heterocycles. The predicted molar refractivity (Wildman–Crippen MR) is 64.9 cm³/mol. The van der Waals surface area contributed by atoms with E-state index in [0.29, 0.717) is 0 Å². The number of rotatable bonds is 3. The van der Waals surface area contributed by atoms with Gasteiger partial charge in [0.05, 0.1) is 0 Å². The third kappa shape index (κ3) is 4.22. The van der Waals surface area contributed by atoms with Gasteiger partial charge in [-0.15, -0.1) is 0 Å². The minimum atomic E-state index is -0.202. The SMILES string of the molecule is N#C[Se]C=C([Se]C#N)c1ccc(Br)cc1. The van der Waals surface area contributed by atoms with E-state index < -0.39 is 0 Å². The molecule has 0 heterocycles. The zero-order chi connectivity index (χ0) is 11.1. The van der Waals surface area contributed by atoms with Crippen molar-refractivity contribution < 1.29 is 0 Å². The Hall–Kier alpha value is -0.541. The Kier molecular flexibility index (Phi) is 5.72. The molecule has 0 aliphatic heterocycles. The van der Waals surface area contributed by atoms with Crippen LogP contribution in [0.1, 0.15) is 5.56 Å². The zero-order valence-electron chi connectivity index (χ0n) is 7.48. The minimum absolute atomic E-state index is 0.166. The molecule has 0 aliphatic carbocycles. The molecule has 15 heavy (non-hydrogen) atoms. The second-order valence-corrected chi connectivity index (χ2v) is 6.41. The first kappa shape index (κ1) is 12.5. The quantitative estimate of drug-likeness (QED) is 0.742. The summed E-state index contributed by atoms with van der Waals surface area (Å²) in [7, 11) is 0. The summed E-state index contributed by atoms with van der Waals surface area (Å²) >= 11 is 2.99. The van der Waals surface area contributed by atoms with Gasteiger partial charge in [0.25, 0.3) is 0 Å². The Bertz CT molecular complexity index is 440. The van der Waals surface area contributed by atoms with Crippen LogP contribution in [0.4, 0.5) is 0 Å². The van der Waals surface area contributed by atoms with Crippen LogP contribution in [0, 0.1) is 20.5 Å². The zero-order valence-corrected chi connectivity index (χ0v) is 12.5. The molecule has 0 unspecified atom stereocenters. The summed E-state index contributed by atoms with van der Waals surface area (Å²) in [5.41, 5.74) is 1.04. The van der Waals surface area contributed by atoms with Crippen molar-refractivity contribution in [2.75, 3.05) is 0 Å². The number of benzene rings is 1. The van der Waals surface area contributed by atoms with E-state index in [0.717, 1.165) is 14.5 Å². The van der Waals surface area contributed by atoms with Gasteiger partial charge >= 0.3 is 110 Å². The molecule has 0 fully saturated rings. The summed E-state index contributed by atoms with van der Waals surface area (Å²) < 4.78 is 2.01. The van der Waals surface area contributed by atoms with Crippen LogP contribution in [0.2, 0.25) is 0 Å². The van der Waals surface area contributed by atoms with Gasteiger partial charge in [0, 0.05) is 0 Å². The Morgan fingerprint density at radius 3 is 2.40 bits per heavy atom. The molecule has 0 N–H and O–H groups in total. The van der Waals surface area contributed by atoms with Crippen LogP contribution in [-0.2, 0) is 0 Å². The molecule has 0 amide bonds. The molecule has 0 radical (unpaired) electrons. The number of hydrogen-bond acceptors (Lipinski definition) is 2. The average Bonchev–Trinajstić information content (AvgIpc) is 2.25. The van der Waals surface area contributed by atoms with E-state index in [2.05, 4.69) is 25.9 Å². The van der Waals surface area contributed by atoms with E-state index in [1.54, 1.807) is 0 Å². The van der Waals surface area contributed by atoms with Gasteiger partial charge in [-0.3, -0.25) is 0 Å². The van der Waals surface area contributed by atoms with Gasteiger partial charge in [-0.2, -0.15) is 0 Å². The van der Waals surface area contributed by atoms with Crippen LogP contribution < -0.4 is 0 Å². The molecule has 1 aromatic rings. The van der Waals surface area contributed by atoms with Gasteiger partial charge in [0.15, 0.2) is 0 Å². The number of nitriles is 2. The van der Waals surface area contributed by atoms with Crippen LogP contribution in [-0.4, -0.2) is 29.9 Å². The first-order valence-electron chi connectivity index (χ1n) is 3.84. The molecule has 2 nitrogen and oxygen atoms in total. The van der Waals surface area contributed by atoms with Gasteiger partial charge in [0.2, 0.25) is 0 Å². The molecular weight excluding hydrogens is 386 g/mol. The van der Waals surface area contributed by atoms with Crippen molar-refractivity contribution in [2.24, 2.45) is 0 Å². The second-order valence-electron chi connectivity index (χ2n) is 2.39. The van der Waals surface area contributed by atoms with Crippen LogP contribution in [0.3, 0.4) is 0 Å². The molecule has 1 aromatic carbocycles. The van der Waals surface area contributed by atoms with Gasteiger partial charge in [-0.05, 0) is 0 Å². The van der Waals surface area contributed by atoms with Gasteiger partial charge in [0.1, 0.15) is 0 Å².